The van der Waals surface area contributed by atoms with Crippen LogP contribution in [0, 0.1) is 0 Å². The molecule has 0 aliphatic heterocycles. The van der Waals surface area contributed by atoms with Crippen LogP contribution in [0.3, 0.4) is 0 Å². The summed E-state index contributed by atoms with van der Waals surface area (Å²) >= 11 is 0. The van der Waals surface area contributed by atoms with Gasteiger partial charge in [0.25, 0.3) is 0 Å². The summed E-state index contributed by atoms with van der Waals surface area (Å²) in [6.07, 6.45) is 10.1. The van der Waals surface area contributed by atoms with Gasteiger partial charge in [-0.05, 0) is 50.3 Å². The highest BCUT2D eigenvalue weighted by atomic mass is 16.3. The average molecular weight is 335 g/mol. The molecule has 0 saturated heterocycles. The first kappa shape index (κ1) is 16.2. The van der Waals surface area contributed by atoms with Crippen molar-refractivity contribution in [3.05, 3.63) is 47.9 Å². The normalized spacial score (nSPS) is 15.8. The van der Waals surface area contributed by atoms with E-state index in [4.69, 9.17) is 4.42 Å². The molecule has 0 amide bonds. The van der Waals surface area contributed by atoms with Crippen LogP contribution in [0.1, 0.15) is 67.8 Å². The number of carbonyl (C=O) groups excluding carboxylic acids is 1. The molecule has 0 N–H and O–H groups in total. The van der Waals surface area contributed by atoms with Crippen LogP contribution in [0.15, 0.2) is 41.2 Å². The minimum Gasteiger partial charge on any atom is -0.472 e. The van der Waals surface area contributed by atoms with Crippen molar-refractivity contribution in [3.8, 4) is 11.3 Å². The molecule has 0 atom stereocenters. The number of hydrogen-bond donors (Lipinski definition) is 0. The highest BCUT2D eigenvalue weighted by Gasteiger charge is 2.26. The summed E-state index contributed by atoms with van der Waals surface area (Å²) in [5.41, 5.74) is 5.83. The van der Waals surface area contributed by atoms with Crippen LogP contribution in [-0.2, 0) is 6.54 Å². The molecule has 1 aromatic carbocycles. The van der Waals surface area contributed by atoms with Crippen LogP contribution in [0.4, 0.5) is 0 Å². The second kappa shape index (κ2) is 6.55. The summed E-state index contributed by atoms with van der Waals surface area (Å²) in [6, 6.07) is 8.26. The van der Waals surface area contributed by atoms with Gasteiger partial charge in [0.15, 0.2) is 5.78 Å². The molecule has 3 nitrogen and oxygen atoms in total. The van der Waals surface area contributed by atoms with Crippen LogP contribution in [0.2, 0.25) is 0 Å². The number of hydrogen-bond acceptors (Lipinski definition) is 2. The maximum atomic E-state index is 11.9. The van der Waals surface area contributed by atoms with E-state index in [1.54, 1.807) is 13.2 Å². The van der Waals surface area contributed by atoms with Gasteiger partial charge in [-0.3, -0.25) is 4.79 Å². The molecule has 0 bridgehead atoms. The van der Waals surface area contributed by atoms with Gasteiger partial charge >= 0.3 is 0 Å². The van der Waals surface area contributed by atoms with Crippen LogP contribution in [0.5, 0.6) is 0 Å². The largest absolute Gasteiger partial charge is 0.472 e. The number of carbonyl (C=O) groups is 1. The number of nitrogens with zero attached hydrogens (tertiary/aromatic N) is 1. The number of furan rings is 1. The first-order chi connectivity index (χ1) is 12.2. The smallest absolute Gasteiger partial charge is 0.159 e. The Morgan fingerprint density at radius 3 is 2.64 bits per heavy atom. The average Bonchev–Trinajstić information content (AvgIpc) is 3.27. The molecular formula is C22H25NO2. The van der Waals surface area contributed by atoms with Gasteiger partial charge in [-0.15, -0.1) is 0 Å². The Balaban J connectivity index is 2.02. The fourth-order valence-corrected chi connectivity index (χ4v) is 4.44. The Kier molecular flexibility index (Phi) is 4.24. The topological polar surface area (TPSA) is 35.1 Å². The van der Waals surface area contributed by atoms with Crippen LogP contribution < -0.4 is 0 Å². The summed E-state index contributed by atoms with van der Waals surface area (Å²) in [6.45, 7) is 4.69. The van der Waals surface area contributed by atoms with Crippen molar-refractivity contribution in [2.45, 2.75) is 58.4 Å². The lowest BCUT2D eigenvalue weighted by Crippen LogP contribution is -2.06. The molecular weight excluding hydrogens is 310 g/mol. The van der Waals surface area contributed by atoms with Crippen molar-refractivity contribution < 1.29 is 9.21 Å². The lowest BCUT2D eigenvalue weighted by atomic mass is 9.82. The van der Waals surface area contributed by atoms with Crippen LogP contribution in [-0.4, -0.2) is 10.4 Å². The zero-order valence-electron chi connectivity index (χ0n) is 15.0. The molecule has 0 radical (unpaired) electrons. The number of Topliss-reactive ketones (excluding diaryl/α,β-unsaturated/α-hetero) is 1. The molecule has 2 aromatic heterocycles. The molecule has 25 heavy (non-hydrogen) atoms. The standard InChI is InChI=1S/C22H25NO2/c1-3-23-20-13-17(15(2)24)9-10-19(20)21(16-7-5-4-6-8-16)22(23)18-11-12-25-14-18/h9-14,16H,3-8H2,1-2H3. The molecule has 1 saturated carbocycles. The monoisotopic (exact) mass is 335 g/mol. The molecule has 0 spiro atoms. The SMILES string of the molecule is CCn1c(-c2ccoc2)c(C2CCCCC2)c2ccc(C(C)=O)cc21. The molecule has 130 valence electrons. The van der Waals surface area contributed by atoms with Gasteiger partial charge in [0.2, 0.25) is 0 Å². The summed E-state index contributed by atoms with van der Waals surface area (Å²) in [4.78, 5) is 11.9. The Morgan fingerprint density at radius 2 is 2.00 bits per heavy atom. The summed E-state index contributed by atoms with van der Waals surface area (Å²) < 4.78 is 7.76. The molecule has 1 aliphatic rings. The van der Waals surface area contributed by atoms with Crippen LogP contribution >= 0.6 is 0 Å². The Hall–Kier alpha value is -2.29. The first-order valence-electron chi connectivity index (χ1n) is 9.40. The zero-order chi connectivity index (χ0) is 17.4. The molecule has 4 rings (SSSR count). The van der Waals surface area contributed by atoms with Crippen molar-refractivity contribution in [3.63, 3.8) is 0 Å². The summed E-state index contributed by atoms with van der Waals surface area (Å²) in [7, 11) is 0. The van der Waals surface area contributed by atoms with Crippen molar-refractivity contribution in [2.24, 2.45) is 0 Å². The minimum atomic E-state index is 0.120. The summed E-state index contributed by atoms with van der Waals surface area (Å²) in [5.74, 6) is 0.715. The number of benzene rings is 1. The molecule has 3 heteroatoms. The molecule has 1 aliphatic carbocycles. The van der Waals surface area contributed by atoms with E-state index in [2.05, 4.69) is 29.7 Å². The highest BCUT2D eigenvalue weighted by molar-refractivity contribution is 6.00. The van der Waals surface area contributed by atoms with Crippen molar-refractivity contribution in [2.75, 3.05) is 0 Å². The first-order valence-corrected chi connectivity index (χ1v) is 9.40. The maximum absolute atomic E-state index is 11.9. The lowest BCUT2D eigenvalue weighted by molar-refractivity contribution is 0.101. The van der Waals surface area contributed by atoms with E-state index in [1.165, 1.54) is 54.3 Å². The second-order valence-corrected chi connectivity index (χ2v) is 7.14. The van der Waals surface area contributed by atoms with Gasteiger partial charge < -0.3 is 8.98 Å². The van der Waals surface area contributed by atoms with E-state index in [1.807, 2.05) is 12.3 Å². The predicted octanol–water partition coefficient (Wildman–Crippen LogP) is 6.17. The minimum absolute atomic E-state index is 0.120. The Bertz CT molecular complexity index is 896. The Labute approximate surface area is 148 Å². The van der Waals surface area contributed by atoms with E-state index < -0.39 is 0 Å². The summed E-state index contributed by atoms with van der Waals surface area (Å²) in [5, 5.41) is 1.30. The lowest BCUT2D eigenvalue weighted by Gasteiger charge is -2.23. The van der Waals surface area contributed by atoms with E-state index in [-0.39, 0.29) is 5.78 Å². The van der Waals surface area contributed by atoms with Gasteiger partial charge in [0.1, 0.15) is 0 Å². The second-order valence-electron chi connectivity index (χ2n) is 7.14. The van der Waals surface area contributed by atoms with Crippen molar-refractivity contribution >= 4 is 16.7 Å². The molecule has 2 heterocycles. The fourth-order valence-electron chi connectivity index (χ4n) is 4.44. The van der Waals surface area contributed by atoms with Gasteiger partial charge in [-0.2, -0.15) is 0 Å². The van der Waals surface area contributed by atoms with E-state index in [0.29, 0.717) is 5.92 Å². The van der Waals surface area contributed by atoms with E-state index in [9.17, 15) is 4.79 Å². The molecule has 3 aromatic rings. The van der Waals surface area contributed by atoms with Gasteiger partial charge in [0, 0.05) is 28.6 Å². The van der Waals surface area contributed by atoms with Crippen LogP contribution in [0.25, 0.3) is 22.2 Å². The fraction of sp³-hybridized carbons (Fsp3) is 0.409. The molecule has 1 fully saturated rings. The zero-order valence-corrected chi connectivity index (χ0v) is 15.0. The van der Waals surface area contributed by atoms with E-state index in [0.717, 1.165) is 17.7 Å². The number of fused-ring (bicyclic) bond motifs is 1. The van der Waals surface area contributed by atoms with Gasteiger partial charge in [-0.25, -0.2) is 0 Å². The Morgan fingerprint density at radius 1 is 1.20 bits per heavy atom. The van der Waals surface area contributed by atoms with Crippen molar-refractivity contribution in [1.29, 1.82) is 0 Å². The quantitative estimate of drug-likeness (QED) is 0.534. The number of ketones is 1. The number of aryl methyl sites for hydroxylation is 1. The third-order valence-electron chi connectivity index (χ3n) is 5.63. The highest BCUT2D eigenvalue weighted by Crippen LogP contribution is 2.44. The predicted molar refractivity (Wildman–Crippen MR) is 101 cm³/mol. The van der Waals surface area contributed by atoms with E-state index >= 15 is 0 Å². The number of aromatic nitrogens is 1. The van der Waals surface area contributed by atoms with Crippen molar-refractivity contribution in [1.82, 2.24) is 4.57 Å². The van der Waals surface area contributed by atoms with Gasteiger partial charge in [-0.1, -0.05) is 31.4 Å². The third-order valence-corrected chi connectivity index (χ3v) is 5.63. The van der Waals surface area contributed by atoms with Gasteiger partial charge in [0.05, 0.1) is 18.2 Å². The molecule has 0 unspecified atom stereocenters. The third kappa shape index (κ3) is 2.72. The number of rotatable bonds is 4. The maximum Gasteiger partial charge on any atom is 0.159 e.